The van der Waals surface area contributed by atoms with Crippen molar-refractivity contribution in [1.29, 1.82) is 0 Å². The van der Waals surface area contributed by atoms with E-state index in [1.807, 2.05) is 6.07 Å². The molecule has 0 bridgehead atoms. The lowest BCUT2D eigenvalue weighted by Crippen LogP contribution is -2.30. The average molecular weight is 362 g/mol. The molecule has 2 N–H and O–H groups in total. The van der Waals surface area contributed by atoms with Gasteiger partial charge in [-0.3, -0.25) is 4.79 Å². The van der Waals surface area contributed by atoms with Gasteiger partial charge in [-0.25, -0.2) is 17.9 Å². The second-order valence-corrected chi connectivity index (χ2v) is 7.02. The molecule has 7 nitrogen and oxygen atoms in total. The van der Waals surface area contributed by atoms with Crippen LogP contribution >= 0.6 is 0 Å². The van der Waals surface area contributed by atoms with Crippen molar-refractivity contribution < 1.29 is 22.7 Å². The van der Waals surface area contributed by atoms with Gasteiger partial charge in [0.15, 0.2) is 6.10 Å². The third kappa shape index (κ3) is 4.88. The summed E-state index contributed by atoms with van der Waals surface area (Å²) in [5.41, 5.74) is 0.619. The van der Waals surface area contributed by atoms with E-state index in [0.717, 1.165) is 0 Å². The first-order chi connectivity index (χ1) is 11.8. The Morgan fingerprint density at radius 2 is 1.72 bits per heavy atom. The summed E-state index contributed by atoms with van der Waals surface area (Å²) >= 11 is 0. The predicted octanol–water partition coefficient (Wildman–Crippen LogP) is 1.78. The van der Waals surface area contributed by atoms with E-state index >= 15 is 0 Å². The van der Waals surface area contributed by atoms with E-state index in [2.05, 4.69) is 10.0 Å². The summed E-state index contributed by atoms with van der Waals surface area (Å²) < 4.78 is 30.8. The number of rotatable bonds is 6. The molecular formula is C17H18N2O5S. The monoisotopic (exact) mass is 362 g/mol. The fourth-order valence-corrected chi connectivity index (χ4v) is 2.73. The van der Waals surface area contributed by atoms with Crippen LogP contribution < -0.4 is 10.0 Å². The molecule has 8 heteroatoms. The number of ether oxygens (including phenoxy) is 1. The van der Waals surface area contributed by atoms with Crippen LogP contribution in [-0.4, -0.2) is 33.4 Å². The first-order valence-electron chi connectivity index (χ1n) is 7.44. The predicted molar refractivity (Wildman–Crippen MR) is 92.6 cm³/mol. The van der Waals surface area contributed by atoms with E-state index < -0.39 is 28.0 Å². The van der Waals surface area contributed by atoms with Crippen LogP contribution in [0.25, 0.3) is 0 Å². The number of hydrogen-bond donors (Lipinski definition) is 2. The number of hydrogen-bond acceptors (Lipinski definition) is 5. The molecule has 0 aliphatic carbocycles. The van der Waals surface area contributed by atoms with Crippen LogP contribution in [0.2, 0.25) is 0 Å². The molecule has 2 rings (SSSR count). The number of sulfonamides is 1. The van der Waals surface area contributed by atoms with Crippen molar-refractivity contribution in [2.75, 3.05) is 12.4 Å². The van der Waals surface area contributed by atoms with Gasteiger partial charge < -0.3 is 10.1 Å². The smallest absolute Gasteiger partial charge is 0.338 e. The number of carbonyl (C=O) groups excluding carboxylic acids is 2. The molecule has 0 radical (unpaired) electrons. The molecule has 1 amide bonds. The van der Waals surface area contributed by atoms with Crippen molar-refractivity contribution in [2.45, 2.75) is 17.9 Å². The Bertz CT molecular complexity index is 866. The second-order valence-electron chi connectivity index (χ2n) is 5.14. The largest absolute Gasteiger partial charge is 0.449 e. The van der Waals surface area contributed by atoms with Crippen molar-refractivity contribution in [2.24, 2.45) is 0 Å². The number of anilines is 1. The highest BCUT2D eigenvalue weighted by Gasteiger charge is 2.20. The molecule has 2 aromatic carbocycles. The van der Waals surface area contributed by atoms with Gasteiger partial charge in [-0.15, -0.1) is 0 Å². The summed E-state index contributed by atoms with van der Waals surface area (Å²) in [5, 5.41) is 2.62. The first-order valence-corrected chi connectivity index (χ1v) is 8.92. The van der Waals surface area contributed by atoms with E-state index in [1.165, 1.54) is 38.2 Å². The molecule has 0 unspecified atom stereocenters. The van der Waals surface area contributed by atoms with E-state index in [4.69, 9.17) is 4.74 Å². The van der Waals surface area contributed by atoms with Crippen LogP contribution in [0.5, 0.6) is 0 Å². The van der Waals surface area contributed by atoms with Crippen LogP contribution in [0.4, 0.5) is 5.69 Å². The minimum Gasteiger partial charge on any atom is -0.449 e. The number of esters is 1. The SMILES string of the molecule is CNS(=O)(=O)c1cccc(C(=O)O[C@@H](C)C(=O)Nc2ccccc2)c1. The topological polar surface area (TPSA) is 102 Å². The maximum atomic E-state index is 12.2. The molecule has 0 saturated carbocycles. The second kappa shape index (κ2) is 7.91. The number of para-hydroxylation sites is 1. The zero-order valence-corrected chi connectivity index (χ0v) is 14.5. The standard InChI is InChI=1S/C17H18N2O5S/c1-12(16(20)19-14-8-4-3-5-9-14)24-17(21)13-7-6-10-15(11-13)25(22,23)18-2/h3-12,18H,1-2H3,(H,19,20)/t12-/m0/s1. The third-order valence-corrected chi connectivity index (χ3v) is 4.76. The molecular weight excluding hydrogens is 344 g/mol. The van der Waals surface area contributed by atoms with Crippen molar-refractivity contribution in [3.8, 4) is 0 Å². The third-order valence-electron chi connectivity index (χ3n) is 3.34. The summed E-state index contributed by atoms with van der Waals surface area (Å²) in [6.45, 7) is 1.43. The minimum absolute atomic E-state index is 0.0377. The van der Waals surface area contributed by atoms with E-state index in [9.17, 15) is 18.0 Å². The van der Waals surface area contributed by atoms with Crippen LogP contribution in [0.3, 0.4) is 0 Å². The molecule has 0 fully saturated rings. The van der Waals surface area contributed by atoms with Gasteiger partial charge >= 0.3 is 5.97 Å². The zero-order chi connectivity index (χ0) is 18.4. The molecule has 0 aliphatic rings. The Labute approximate surface area is 146 Å². The first kappa shape index (κ1) is 18.6. The molecule has 0 aromatic heterocycles. The molecule has 1 atom stereocenters. The Morgan fingerprint density at radius 3 is 2.36 bits per heavy atom. The zero-order valence-electron chi connectivity index (χ0n) is 13.7. The summed E-state index contributed by atoms with van der Waals surface area (Å²) in [6, 6.07) is 14.1. The molecule has 0 spiro atoms. The van der Waals surface area contributed by atoms with Gasteiger partial charge in [0, 0.05) is 5.69 Å². The van der Waals surface area contributed by atoms with Crippen LogP contribution in [0.15, 0.2) is 59.5 Å². The molecule has 25 heavy (non-hydrogen) atoms. The molecule has 0 saturated heterocycles. The van der Waals surface area contributed by atoms with Gasteiger partial charge in [-0.1, -0.05) is 24.3 Å². The summed E-state index contributed by atoms with van der Waals surface area (Å²) in [7, 11) is -2.40. The molecule has 0 heterocycles. The van der Waals surface area contributed by atoms with Gasteiger partial charge in [0.25, 0.3) is 5.91 Å². The highest BCUT2D eigenvalue weighted by Crippen LogP contribution is 2.13. The minimum atomic E-state index is -3.68. The van der Waals surface area contributed by atoms with E-state index in [0.29, 0.717) is 5.69 Å². The Kier molecular flexibility index (Phi) is 5.89. The number of nitrogens with one attached hydrogen (secondary N) is 2. The highest BCUT2D eigenvalue weighted by atomic mass is 32.2. The van der Waals surface area contributed by atoms with Crippen LogP contribution in [0, 0.1) is 0 Å². The highest BCUT2D eigenvalue weighted by molar-refractivity contribution is 7.89. The molecule has 2 aromatic rings. The maximum absolute atomic E-state index is 12.2. The fraction of sp³-hybridized carbons (Fsp3) is 0.176. The van der Waals surface area contributed by atoms with Gasteiger partial charge in [-0.05, 0) is 44.3 Å². The number of amides is 1. The number of carbonyl (C=O) groups is 2. The van der Waals surface area contributed by atoms with E-state index in [-0.39, 0.29) is 10.5 Å². The summed E-state index contributed by atoms with van der Waals surface area (Å²) in [4.78, 5) is 24.2. The Hall–Kier alpha value is -2.71. The van der Waals surface area contributed by atoms with Crippen LogP contribution in [-0.2, 0) is 19.6 Å². The van der Waals surface area contributed by atoms with Crippen molar-refractivity contribution >= 4 is 27.6 Å². The molecule has 132 valence electrons. The Morgan fingerprint density at radius 1 is 1.04 bits per heavy atom. The average Bonchev–Trinajstić information content (AvgIpc) is 2.62. The van der Waals surface area contributed by atoms with Gasteiger partial charge in [0.2, 0.25) is 10.0 Å². The quantitative estimate of drug-likeness (QED) is 0.763. The summed E-state index contributed by atoms with van der Waals surface area (Å²) in [6.07, 6.45) is -1.04. The van der Waals surface area contributed by atoms with Gasteiger partial charge in [-0.2, -0.15) is 0 Å². The number of benzene rings is 2. The van der Waals surface area contributed by atoms with Crippen LogP contribution in [0.1, 0.15) is 17.3 Å². The van der Waals surface area contributed by atoms with Crippen molar-refractivity contribution in [3.05, 3.63) is 60.2 Å². The van der Waals surface area contributed by atoms with Gasteiger partial charge in [0.1, 0.15) is 0 Å². The maximum Gasteiger partial charge on any atom is 0.338 e. The Balaban J connectivity index is 2.06. The molecule has 0 aliphatic heterocycles. The lowest BCUT2D eigenvalue weighted by Gasteiger charge is -2.14. The summed E-state index contributed by atoms with van der Waals surface area (Å²) in [5.74, 6) is -1.28. The lowest BCUT2D eigenvalue weighted by molar-refractivity contribution is -0.123. The van der Waals surface area contributed by atoms with Crippen molar-refractivity contribution in [3.63, 3.8) is 0 Å². The normalized spacial score (nSPS) is 12.2. The van der Waals surface area contributed by atoms with Crippen molar-refractivity contribution in [1.82, 2.24) is 4.72 Å². The fourth-order valence-electron chi connectivity index (χ4n) is 1.96. The van der Waals surface area contributed by atoms with E-state index in [1.54, 1.807) is 24.3 Å². The van der Waals surface area contributed by atoms with Gasteiger partial charge in [0.05, 0.1) is 10.5 Å². The lowest BCUT2D eigenvalue weighted by atomic mass is 10.2.